The van der Waals surface area contributed by atoms with E-state index < -0.39 is 15.9 Å². The van der Waals surface area contributed by atoms with Crippen molar-refractivity contribution in [2.24, 2.45) is 0 Å². The molecule has 0 fully saturated rings. The molecule has 4 rings (SSSR count). The Bertz CT molecular complexity index is 1420. The molecule has 0 aliphatic rings. The van der Waals surface area contributed by atoms with Crippen LogP contribution in [0.1, 0.15) is 22.7 Å². The maximum absolute atomic E-state index is 13.3. The maximum atomic E-state index is 13.3. The summed E-state index contributed by atoms with van der Waals surface area (Å²) in [4.78, 5) is 18.0. The fraction of sp³-hybridized carbons (Fsp3) is 0.143. The number of nitrogens with zero attached hydrogens (tertiary/aromatic N) is 1. The van der Waals surface area contributed by atoms with E-state index in [-0.39, 0.29) is 10.8 Å². The van der Waals surface area contributed by atoms with Gasteiger partial charge in [0, 0.05) is 17.4 Å². The Kier molecular flexibility index (Phi) is 7.39. The normalized spacial score (nSPS) is 12.2. The largest absolute Gasteiger partial charge is 0.326 e. The number of amides is 1. The zero-order chi connectivity index (χ0) is 24.8. The van der Waals surface area contributed by atoms with E-state index in [9.17, 15) is 13.2 Å². The molecule has 178 valence electrons. The highest BCUT2D eigenvalue weighted by Crippen LogP contribution is 2.29. The summed E-state index contributed by atoms with van der Waals surface area (Å²) < 4.78 is 27.2. The van der Waals surface area contributed by atoms with Crippen molar-refractivity contribution in [3.8, 4) is 11.1 Å². The summed E-state index contributed by atoms with van der Waals surface area (Å²) in [5.74, 6) is -0.615. The van der Waals surface area contributed by atoms with E-state index in [0.29, 0.717) is 23.4 Å². The van der Waals surface area contributed by atoms with Crippen LogP contribution >= 0.6 is 0 Å². The molecule has 0 saturated carbocycles. The van der Waals surface area contributed by atoms with Gasteiger partial charge in [0.25, 0.3) is 0 Å². The van der Waals surface area contributed by atoms with Crippen molar-refractivity contribution in [2.45, 2.75) is 24.2 Å². The monoisotopic (exact) mass is 485 g/mol. The Morgan fingerprint density at radius 2 is 1.66 bits per heavy atom. The number of aromatic nitrogens is 1. The van der Waals surface area contributed by atoms with E-state index in [1.54, 1.807) is 54.7 Å². The Balaban J connectivity index is 1.58. The smallest absolute Gasteiger partial charge is 0.240 e. The minimum Gasteiger partial charge on any atom is -0.326 e. The second kappa shape index (κ2) is 10.6. The second-order valence-corrected chi connectivity index (χ2v) is 10.1. The third kappa shape index (κ3) is 5.82. The van der Waals surface area contributed by atoms with Gasteiger partial charge in [-0.05, 0) is 61.9 Å². The lowest BCUT2D eigenvalue weighted by Crippen LogP contribution is -2.24. The number of rotatable bonds is 8. The van der Waals surface area contributed by atoms with E-state index in [4.69, 9.17) is 0 Å². The summed E-state index contributed by atoms with van der Waals surface area (Å²) in [5.41, 5.74) is 4.85. The minimum absolute atomic E-state index is 0.156. The quantitative estimate of drug-likeness (QED) is 0.370. The van der Waals surface area contributed by atoms with Crippen molar-refractivity contribution in [1.29, 1.82) is 0 Å². The molecular formula is C28H27N3O3S. The molecule has 1 heterocycles. The fourth-order valence-electron chi connectivity index (χ4n) is 4.00. The van der Waals surface area contributed by atoms with Gasteiger partial charge in [0.05, 0.1) is 16.5 Å². The molecule has 1 aromatic heterocycles. The van der Waals surface area contributed by atoms with Crippen molar-refractivity contribution in [1.82, 2.24) is 9.71 Å². The molecule has 2 N–H and O–H groups in total. The van der Waals surface area contributed by atoms with Crippen LogP contribution in [0, 0.1) is 6.92 Å². The van der Waals surface area contributed by atoms with Crippen LogP contribution in [0.2, 0.25) is 0 Å². The van der Waals surface area contributed by atoms with Crippen molar-refractivity contribution in [3.05, 3.63) is 114 Å². The van der Waals surface area contributed by atoms with Crippen LogP contribution in [0.3, 0.4) is 0 Å². The number of benzene rings is 3. The molecule has 0 aliphatic heterocycles. The lowest BCUT2D eigenvalue weighted by Gasteiger charge is -2.17. The van der Waals surface area contributed by atoms with E-state index in [1.807, 2.05) is 43.3 Å². The van der Waals surface area contributed by atoms with Crippen LogP contribution in [0.25, 0.3) is 11.1 Å². The summed E-state index contributed by atoms with van der Waals surface area (Å²) in [6.07, 6.45) is 2.22. The van der Waals surface area contributed by atoms with Gasteiger partial charge in [0.2, 0.25) is 15.9 Å². The van der Waals surface area contributed by atoms with Crippen molar-refractivity contribution < 1.29 is 13.2 Å². The number of carbonyl (C=O) groups excluding carboxylic acids is 1. The SMILES string of the molecule is CNS(=O)(=O)c1ccccc1-c1ccc(NC(=O)C(Cc2cccc(C)c2)c2ccccn2)cc1. The maximum Gasteiger partial charge on any atom is 0.240 e. The van der Waals surface area contributed by atoms with Crippen molar-refractivity contribution >= 4 is 21.6 Å². The van der Waals surface area contributed by atoms with Crippen LogP contribution in [0.5, 0.6) is 0 Å². The predicted octanol–water partition coefficient (Wildman–Crippen LogP) is 4.93. The molecule has 4 aromatic rings. The molecule has 0 saturated heterocycles. The minimum atomic E-state index is -3.61. The van der Waals surface area contributed by atoms with Crippen LogP contribution in [0.4, 0.5) is 5.69 Å². The first kappa shape index (κ1) is 24.3. The summed E-state index contributed by atoms with van der Waals surface area (Å²) in [5, 5.41) is 3.00. The van der Waals surface area contributed by atoms with Crippen molar-refractivity contribution in [2.75, 3.05) is 12.4 Å². The molecule has 0 bridgehead atoms. The molecule has 0 aliphatic carbocycles. The lowest BCUT2D eigenvalue weighted by atomic mass is 9.94. The predicted molar refractivity (Wildman–Crippen MR) is 139 cm³/mol. The van der Waals surface area contributed by atoms with Gasteiger partial charge in [-0.25, -0.2) is 13.1 Å². The third-order valence-electron chi connectivity index (χ3n) is 5.79. The van der Waals surface area contributed by atoms with E-state index >= 15 is 0 Å². The Labute approximate surface area is 206 Å². The molecule has 0 radical (unpaired) electrons. The molecular weight excluding hydrogens is 458 g/mol. The van der Waals surface area contributed by atoms with Gasteiger partial charge in [0.1, 0.15) is 0 Å². The molecule has 6 nitrogen and oxygen atoms in total. The zero-order valence-electron chi connectivity index (χ0n) is 19.6. The summed E-state index contributed by atoms with van der Waals surface area (Å²) >= 11 is 0. The average molecular weight is 486 g/mol. The highest BCUT2D eigenvalue weighted by atomic mass is 32.2. The van der Waals surface area contributed by atoms with Gasteiger partial charge < -0.3 is 5.32 Å². The number of carbonyl (C=O) groups is 1. The molecule has 1 unspecified atom stereocenters. The Hall–Kier alpha value is -3.81. The van der Waals surface area contributed by atoms with Crippen molar-refractivity contribution in [3.63, 3.8) is 0 Å². The fourth-order valence-corrected chi connectivity index (χ4v) is 4.95. The highest BCUT2D eigenvalue weighted by Gasteiger charge is 2.23. The Morgan fingerprint density at radius 1 is 0.914 bits per heavy atom. The van der Waals surface area contributed by atoms with Crippen LogP contribution in [0.15, 0.2) is 102 Å². The van der Waals surface area contributed by atoms with Gasteiger partial charge in [-0.2, -0.15) is 0 Å². The number of sulfonamides is 1. The summed E-state index contributed by atoms with van der Waals surface area (Å²) in [6, 6.07) is 27.7. The Morgan fingerprint density at radius 3 is 2.34 bits per heavy atom. The molecule has 7 heteroatoms. The van der Waals surface area contributed by atoms with E-state index in [2.05, 4.69) is 21.1 Å². The zero-order valence-corrected chi connectivity index (χ0v) is 20.4. The first-order valence-corrected chi connectivity index (χ1v) is 12.8. The van der Waals surface area contributed by atoms with Gasteiger partial charge in [0.15, 0.2) is 0 Å². The summed E-state index contributed by atoms with van der Waals surface area (Å²) in [7, 11) is -2.22. The van der Waals surface area contributed by atoms with Gasteiger partial charge in [-0.15, -0.1) is 0 Å². The second-order valence-electron chi connectivity index (χ2n) is 8.27. The van der Waals surface area contributed by atoms with Gasteiger partial charge in [-0.3, -0.25) is 9.78 Å². The average Bonchev–Trinajstić information content (AvgIpc) is 2.88. The number of hydrogen-bond donors (Lipinski definition) is 2. The highest BCUT2D eigenvalue weighted by molar-refractivity contribution is 7.89. The topological polar surface area (TPSA) is 88.2 Å². The van der Waals surface area contributed by atoms with E-state index in [1.165, 1.54) is 7.05 Å². The number of aryl methyl sites for hydroxylation is 1. The number of pyridine rings is 1. The third-order valence-corrected chi connectivity index (χ3v) is 7.26. The number of anilines is 1. The van der Waals surface area contributed by atoms with Crippen LogP contribution in [-0.2, 0) is 21.2 Å². The molecule has 3 aromatic carbocycles. The molecule has 0 spiro atoms. The summed E-state index contributed by atoms with van der Waals surface area (Å²) in [6.45, 7) is 2.03. The van der Waals surface area contributed by atoms with Crippen LogP contribution in [-0.4, -0.2) is 26.4 Å². The number of hydrogen-bond acceptors (Lipinski definition) is 4. The van der Waals surface area contributed by atoms with E-state index in [0.717, 1.165) is 16.7 Å². The number of nitrogens with one attached hydrogen (secondary N) is 2. The van der Waals surface area contributed by atoms with Gasteiger partial charge in [-0.1, -0.05) is 66.2 Å². The standard InChI is InChI=1S/C28H27N3O3S/c1-20-8-7-9-21(18-20)19-25(26-11-5-6-17-30-26)28(32)31-23-15-13-22(14-16-23)24-10-3-4-12-27(24)35(33,34)29-2/h3-18,25,29H,19H2,1-2H3,(H,31,32). The van der Waals surface area contributed by atoms with Crippen LogP contribution < -0.4 is 10.0 Å². The molecule has 1 amide bonds. The lowest BCUT2D eigenvalue weighted by molar-refractivity contribution is -0.117. The first-order valence-electron chi connectivity index (χ1n) is 11.3. The molecule has 1 atom stereocenters. The first-order chi connectivity index (χ1) is 16.9. The van der Waals surface area contributed by atoms with Gasteiger partial charge >= 0.3 is 0 Å². The molecule has 35 heavy (non-hydrogen) atoms.